The van der Waals surface area contributed by atoms with Crippen LogP contribution >= 0.6 is 0 Å². The van der Waals surface area contributed by atoms with E-state index in [0.29, 0.717) is 32.8 Å². The zero-order valence-corrected chi connectivity index (χ0v) is 10.8. The summed E-state index contributed by atoms with van der Waals surface area (Å²) in [5.74, 6) is -0.0376. The molecular weight excluding hydrogens is 236 g/mol. The number of likely N-dealkylation sites (tertiary alicyclic amines) is 1. The monoisotopic (exact) mass is 258 g/mol. The molecule has 1 fully saturated rings. The summed E-state index contributed by atoms with van der Waals surface area (Å²) < 4.78 is 4.84. The van der Waals surface area contributed by atoms with E-state index in [1.807, 2.05) is 0 Å². The first kappa shape index (κ1) is 14.7. The Morgan fingerprint density at radius 1 is 1.39 bits per heavy atom. The van der Waals surface area contributed by atoms with Crippen molar-refractivity contribution in [3.05, 3.63) is 0 Å². The van der Waals surface area contributed by atoms with E-state index in [-0.39, 0.29) is 18.0 Å². The molecule has 0 spiro atoms. The molecule has 1 heterocycles. The van der Waals surface area contributed by atoms with Gasteiger partial charge in [-0.3, -0.25) is 4.79 Å². The number of rotatable bonds is 6. The SMILES string of the molecule is COCCNC(=O)CNC1CCN(C(N)=O)CC1. The standard InChI is InChI=1S/C11H22N4O3/c1-18-7-4-13-10(16)8-14-9-2-5-15(6-3-9)11(12)17/h9,14H,2-8H2,1H3,(H2,12,17)(H,13,16). The number of hydrogen-bond donors (Lipinski definition) is 3. The topological polar surface area (TPSA) is 96.7 Å². The molecule has 7 nitrogen and oxygen atoms in total. The highest BCUT2D eigenvalue weighted by Crippen LogP contribution is 2.09. The fourth-order valence-corrected chi connectivity index (χ4v) is 1.90. The molecule has 1 saturated heterocycles. The van der Waals surface area contributed by atoms with Gasteiger partial charge >= 0.3 is 6.03 Å². The summed E-state index contributed by atoms with van der Waals surface area (Å²) in [5, 5.41) is 5.92. The maximum absolute atomic E-state index is 11.4. The average molecular weight is 258 g/mol. The summed E-state index contributed by atoms with van der Waals surface area (Å²) in [6.07, 6.45) is 1.66. The number of nitrogens with one attached hydrogen (secondary N) is 2. The van der Waals surface area contributed by atoms with Crippen molar-refractivity contribution < 1.29 is 14.3 Å². The predicted octanol–water partition coefficient (Wildman–Crippen LogP) is -1.12. The van der Waals surface area contributed by atoms with Crippen LogP contribution in [0.3, 0.4) is 0 Å². The first-order valence-corrected chi connectivity index (χ1v) is 6.17. The van der Waals surface area contributed by atoms with Crippen LogP contribution in [-0.4, -0.2) is 62.8 Å². The molecule has 0 unspecified atom stereocenters. The van der Waals surface area contributed by atoms with E-state index >= 15 is 0 Å². The molecule has 1 aliphatic rings. The fourth-order valence-electron chi connectivity index (χ4n) is 1.90. The second-order valence-corrected chi connectivity index (χ2v) is 4.32. The maximum Gasteiger partial charge on any atom is 0.314 e. The number of hydrogen-bond acceptors (Lipinski definition) is 4. The Labute approximate surface area is 107 Å². The molecule has 104 valence electrons. The number of nitrogens with two attached hydrogens (primary N) is 1. The van der Waals surface area contributed by atoms with Crippen LogP contribution in [0.5, 0.6) is 0 Å². The molecule has 0 aromatic heterocycles. The van der Waals surface area contributed by atoms with Crippen LogP contribution in [0.15, 0.2) is 0 Å². The van der Waals surface area contributed by atoms with Crippen LogP contribution in [-0.2, 0) is 9.53 Å². The third-order valence-electron chi connectivity index (χ3n) is 2.99. The molecule has 4 N–H and O–H groups in total. The minimum Gasteiger partial charge on any atom is -0.383 e. The molecule has 1 aliphatic heterocycles. The van der Waals surface area contributed by atoms with Crippen molar-refractivity contribution in [2.45, 2.75) is 18.9 Å². The Kier molecular flexibility index (Phi) is 6.45. The number of nitrogens with zero attached hydrogens (tertiary/aromatic N) is 1. The van der Waals surface area contributed by atoms with Gasteiger partial charge in [0, 0.05) is 32.8 Å². The number of amides is 3. The van der Waals surface area contributed by atoms with Gasteiger partial charge in [0.2, 0.25) is 5.91 Å². The van der Waals surface area contributed by atoms with Gasteiger partial charge in [0.05, 0.1) is 13.2 Å². The molecule has 0 bridgehead atoms. The molecular formula is C11H22N4O3. The second-order valence-electron chi connectivity index (χ2n) is 4.32. The largest absolute Gasteiger partial charge is 0.383 e. The summed E-state index contributed by atoms with van der Waals surface area (Å²) >= 11 is 0. The highest BCUT2D eigenvalue weighted by atomic mass is 16.5. The van der Waals surface area contributed by atoms with Gasteiger partial charge in [0.15, 0.2) is 0 Å². The van der Waals surface area contributed by atoms with Crippen LogP contribution in [0.4, 0.5) is 4.79 Å². The first-order valence-electron chi connectivity index (χ1n) is 6.17. The summed E-state index contributed by atoms with van der Waals surface area (Å²) in [6.45, 7) is 2.64. The number of primary amides is 1. The number of urea groups is 1. The number of carbonyl (C=O) groups is 2. The Hall–Kier alpha value is -1.34. The lowest BCUT2D eigenvalue weighted by atomic mass is 10.1. The van der Waals surface area contributed by atoms with E-state index in [1.54, 1.807) is 12.0 Å². The molecule has 7 heteroatoms. The zero-order valence-electron chi connectivity index (χ0n) is 10.8. The Morgan fingerprint density at radius 3 is 2.61 bits per heavy atom. The highest BCUT2D eigenvalue weighted by Gasteiger charge is 2.21. The third kappa shape index (κ3) is 5.33. The van der Waals surface area contributed by atoms with Crippen LogP contribution in [0.25, 0.3) is 0 Å². The van der Waals surface area contributed by atoms with E-state index in [1.165, 1.54) is 0 Å². The smallest absolute Gasteiger partial charge is 0.314 e. The van der Waals surface area contributed by atoms with Crippen molar-refractivity contribution in [3.8, 4) is 0 Å². The van der Waals surface area contributed by atoms with Crippen molar-refractivity contribution in [1.29, 1.82) is 0 Å². The molecule has 0 atom stereocenters. The van der Waals surface area contributed by atoms with Crippen molar-refractivity contribution >= 4 is 11.9 Å². The molecule has 0 aliphatic carbocycles. The van der Waals surface area contributed by atoms with Crippen LogP contribution in [0.1, 0.15) is 12.8 Å². The van der Waals surface area contributed by atoms with Crippen LogP contribution in [0.2, 0.25) is 0 Å². The summed E-state index contributed by atoms with van der Waals surface area (Å²) in [7, 11) is 1.59. The lowest BCUT2D eigenvalue weighted by Gasteiger charge is -2.31. The van der Waals surface area contributed by atoms with E-state index in [2.05, 4.69) is 10.6 Å². The highest BCUT2D eigenvalue weighted by molar-refractivity contribution is 5.78. The van der Waals surface area contributed by atoms with Gasteiger partial charge in [-0.1, -0.05) is 0 Å². The van der Waals surface area contributed by atoms with Crippen LogP contribution < -0.4 is 16.4 Å². The Morgan fingerprint density at radius 2 is 2.06 bits per heavy atom. The molecule has 0 radical (unpaired) electrons. The molecule has 3 amide bonds. The minimum absolute atomic E-state index is 0.0376. The molecule has 0 saturated carbocycles. The number of ether oxygens (including phenoxy) is 1. The van der Waals surface area contributed by atoms with E-state index in [4.69, 9.17) is 10.5 Å². The van der Waals surface area contributed by atoms with Crippen molar-refractivity contribution in [2.75, 3.05) is 39.9 Å². The number of carbonyl (C=O) groups excluding carboxylic acids is 2. The summed E-state index contributed by atoms with van der Waals surface area (Å²) in [5.41, 5.74) is 5.19. The number of piperidine rings is 1. The van der Waals surface area contributed by atoms with Gasteiger partial charge in [-0.15, -0.1) is 0 Å². The van der Waals surface area contributed by atoms with Crippen LogP contribution in [0, 0.1) is 0 Å². The predicted molar refractivity (Wildman–Crippen MR) is 67.1 cm³/mol. The quantitative estimate of drug-likeness (QED) is 0.526. The second kappa shape index (κ2) is 7.88. The Balaban J connectivity index is 2.10. The minimum atomic E-state index is -0.370. The van der Waals surface area contributed by atoms with E-state index in [0.717, 1.165) is 12.8 Å². The molecule has 0 aromatic carbocycles. The van der Waals surface area contributed by atoms with Gasteiger partial charge in [-0.25, -0.2) is 4.79 Å². The first-order chi connectivity index (χ1) is 8.63. The third-order valence-corrected chi connectivity index (χ3v) is 2.99. The number of methoxy groups -OCH3 is 1. The van der Waals surface area contributed by atoms with E-state index in [9.17, 15) is 9.59 Å². The van der Waals surface area contributed by atoms with Crippen molar-refractivity contribution in [1.82, 2.24) is 15.5 Å². The summed E-state index contributed by atoms with van der Waals surface area (Å²) in [6, 6.07) is -0.0977. The van der Waals surface area contributed by atoms with Crippen molar-refractivity contribution in [2.24, 2.45) is 5.73 Å². The van der Waals surface area contributed by atoms with Gasteiger partial charge in [0.1, 0.15) is 0 Å². The molecule has 1 rings (SSSR count). The van der Waals surface area contributed by atoms with E-state index < -0.39 is 0 Å². The normalized spacial score (nSPS) is 16.6. The van der Waals surface area contributed by atoms with Crippen molar-refractivity contribution in [3.63, 3.8) is 0 Å². The summed E-state index contributed by atoms with van der Waals surface area (Å²) in [4.78, 5) is 24.0. The lowest BCUT2D eigenvalue weighted by Crippen LogP contribution is -2.48. The van der Waals surface area contributed by atoms with Gasteiger partial charge in [-0.05, 0) is 12.8 Å². The average Bonchev–Trinajstić information content (AvgIpc) is 2.37. The zero-order chi connectivity index (χ0) is 13.4. The van der Waals surface area contributed by atoms with Gasteiger partial charge in [0.25, 0.3) is 0 Å². The lowest BCUT2D eigenvalue weighted by molar-refractivity contribution is -0.120. The Bertz CT molecular complexity index is 277. The maximum atomic E-state index is 11.4. The fraction of sp³-hybridized carbons (Fsp3) is 0.818. The van der Waals surface area contributed by atoms with Gasteiger partial charge in [-0.2, -0.15) is 0 Å². The van der Waals surface area contributed by atoms with Gasteiger partial charge < -0.3 is 26.0 Å². The molecule has 18 heavy (non-hydrogen) atoms. The molecule has 0 aromatic rings.